The quantitative estimate of drug-likeness (QED) is 0.613. The molecule has 27 heavy (non-hydrogen) atoms. The van der Waals surface area contributed by atoms with Crippen LogP contribution in [0.15, 0.2) is 43.7 Å². The molecule has 0 saturated carbocycles. The third-order valence-corrected chi connectivity index (χ3v) is 5.39. The molecule has 3 heterocycles. The van der Waals surface area contributed by atoms with Crippen molar-refractivity contribution in [2.45, 2.75) is 5.41 Å². The highest BCUT2D eigenvalue weighted by Crippen LogP contribution is 2.52. The number of rotatable bonds is 0. The Bertz CT molecular complexity index is 1250. The lowest BCUT2D eigenvalue weighted by atomic mass is 9.69. The summed E-state index contributed by atoms with van der Waals surface area (Å²) in [5.74, 6) is -1.12. The van der Waals surface area contributed by atoms with E-state index >= 15 is 0 Å². The molecule has 3 N–H and O–H groups in total. The lowest BCUT2D eigenvalue weighted by Crippen LogP contribution is -2.51. The predicted octanol–water partition coefficient (Wildman–Crippen LogP) is 0.171. The van der Waals surface area contributed by atoms with Crippen LogP contribution in [0.25, 0.3) is 0 Å². The summed E-state index contributed by atoms with van der Waals surface area (Å²) in [4.78, 5) is 38.6. The van der Waals surface area contributed by atoms with E-state index < -0.39 is 22.6 Å². The van der Waals surface area contributed by atoms with E-state index in [0.29, 0.717) is 15.7 Å². The topological polar surface area (TPSA) is 132 Å². The first-order valence-electron chi connectivity index (χ1n) is 7.75. The minimum atomic E-state index is -1.81. The Morgan fingerprint density at radius 3 is 2.63 bits per heavy atom. The van der Waals surface area contributed by atoms with Crippen LogP contribution in [0, 0.1) is 11.3 Å². The summed E-state index contributed by atoms with van der Waals surface area (Å²) in [6.45, 7) is 0. The van der Waals surface area contributed by atoms with Crippen molar-refractivity contribution in [3.63, 3.8) is 0 Å². The lowest BCUT2D eigenvalue weighted by Gasteiger charge is -2.33. The number of carbonyl (C=O) groups is 1. The van der Waals surface area contributed by atoms with Gasteiger partial charge < -0.3 is 15.8 Å². The number of halogens is 1. The number of hydrogen-bond acceptors (Lipinski definition) is 6. The van der Waals surface area contributed by atoms with Gasteiger partial charge >= 0.3 is 5.69 Å². The monoisotopic (exact) mass is 429 g/mol. The number of ether oxygens (including phenoxy) is 1. The van der Waals surface area contributed by atoms with Crippen molar-refractivity contribution in [3.05, 3.63) is 66.1 Å². The third-order valence-electron chi connectivity index (χ3n) is 4.90. The second-order valence-corrected chi connectivity index (χ2v) is 7.15. The van der Waals surface area contributed by atoms with Crippen LogP contribution in [-0.4, -0.2) is 15.0 Å². The van der Waals surface area contributed by atoms with Crippen molar-refractivity contribution in [2.75, 3.05) is 5.32 Å². The summed E-state index contributed by atoms with van der Waals surface area (Å²) in [7, 11) is 2.69. The fourth-order valence-corrected chi connectivity index (χ4v) is 4.00. The third kappa shape index (κ3) is 1.89. The van der Waals surface area contributed by atoms with E-state index in [1.807, 2.05) is 6.07 Å². The molecule has 1 aromatic heterocycles. The molecule has 1 aromatic carbocycles. The number of nitrogens with zero attached hydrogens (tertiary/aromatic N) is 3. The second-order valence-electron chi connectivity index (χ2n) is 6.23. The van der Waals surface area contributed by atoms with Crippen LogP contribution in [-0.2, 0) is 24.3 Å². The first-order valence-corrected chi connectivity index (χ1v) is 8.54. The first-order chi connectivity index (χ1) is 12.7. The van der Waals surface area contributed by atoms with Crippen LogP contribution in [0.1, 0.15) is 11.1 Å². The van der Waals surface area contributed by atoms with Gasteiger partial charge in [0.1, 0.15) is 17.2 Å². The number of hydrogen-bond donors (Lipinski definition) is 2. The van der Waals surface area contributed by atoms with Crippen molar-refractivity contribution in [3.8, 4) is 11.9 Å². The maximum absolute atomic E-state index is 13.2. The van der Waals surface area contributed by atoms with E-state index in [4.69, 9.17) is 10.5 Å². The van der Waals surface area contributed by atoms with Gasteiger partial charge in [0, 0.05) is 29.8 Å². The van der Waals surface area contributed by atoms with Gasteiger partial charge in [0.25, 0.3) is 5.56 Å². The van der Waals surface area contributed by atoms with Gasteiger partial charge in [-0.25, -0.2) is 4.79 Å². The molecule has 2 aliphatic rings. The first kappa shape index (κ1) is 17.1. The zero-order valence-electron chi connectivity index (χ0n) is 14.2. The number of carbonyl (C=O) groups excluding carboxylic acids is 1. The second kappa shape index (κ2) is 5.34. The lowest BCUT2D eigenvalue weighted by molar-refractivity contribution is -0.118. The van der Waals surface area contributed by atoms with Gasteiger partial charge in [0.2, 0.25) is 17.7 Å². The molecular formula is C17H12BrN5O4. The van der Waals surface area contributed by atoms with Gasteiger partial charge in [-0.3, -0.25) is 18.7 Å². The van der Waals surface area contributed by atoms with Gasteiger partial charge in [-0.1, -0.05) is 15.9 Å². The normalized spacial score (nSPS) is 20.0. The molecule has 1 spiro atoms. The molecule has 0 bridgehead atoms. The van der Waals surface area contributed by atoms with Gasteiger partial charge in [-0.15, -0.1) is 0 Å². The summed E-state index contributed by atoms with van der Waals surface area (Å²) in [6, 6.07) is 6.92. The number of anilines is 1. The van der Waals surface area contributed by atoms with Gasteiger partial charge in [-0.2, -0.15) is 5.26 Å². The summed E-state index contributed by atoms with van der Waals surface area (Å²) < 4.78 is 8.05. The summed E-state index contributed by atoms with van der Waals surface area (Å²) in [6.07, 6.45) is 0. The van der Waals surface area contributed by atoms with E-state index in [1.165, 1.54) is 14.1 Å². The van der Waals surface area contributed by atoms with Crippen LogP contribution in [0.2, 0.25) is 0 Å². The molecular weight excluding hydrogens is 418 g/mol. The predicted molar refractivity (Wildman–Crippen MR) is 97.9 cm³/mol. The van der Waals surface area contributed by atoms with Gasteiger partial charge in [0.05, 0.1) is 0 Å². The highest BCUT2D eigenvalue weighted by molar-refractivity contribution is 9.10. The van der Waals surface area contributed by atoms with Crippen LogP contribution in [0.3, 0.4) is 0 Å². The Morgan fingerprint density at radius 2 is 1.96 bits per heavy atom. The molecule has 136 valence electrons. The molecule has 10 heteroatoms. The summed E-state index contributed by atoms with van der Waals surface area (Å²) >= 11 is 3.35. The van der Waals surface area contributed by atoms with Crippen molar-refractivity contribution in [2.24, 2.45) is 19.8 Å². The standard InChI is InChI=1S/C17H12BrN5O4/c1-22-13(24)11-14(23(2)16(22)26)27-12(20)9(6-19)17(11)8-5-7(18)3-4-10(8)21-15(17)25/h3-5H,20H2,1-2H3,(H,21,25)/t17-/m0/s1. The van der Waals surface area contributed by atoms with E-state index in [2.05, 4.69) is 21.2 Å². The van der Waals surface area contributed by atoms with Gasteiger partial charge in [-0.05, 0) is 18.2 Å². The van der Waals surface area contributed by atoms with E-state index in [9.17, 15) is 19.6 Å². The fourth-order valence-electron chi connectivity index (χ4n) is 3.64. The summed E-state index contributed by atoms with van der Waals surface area (Å²) in [5, 5.41) is 12.5. The van der Waals surface area contributed by atoms with Crippen LogP contribution in [0.4, 0.5) is 5.69 Å². The number of benzene rings is 1. The Hall–Kier alpha value is -3.32. The molecule has 2 aliphatic heterocycles. The zero-order chi connectivity index (χ0) is 19.7. The number of fused-ring (bicyclic) bond motifs is 4. The molecule has 4 rings (SSSR count). The largest absolute Gasteiger partial charge is 0.423 e. The summed E-state index contributed by atoms with van der Waals surface area (Å²) in [5.41, 5.74) is 3.22. The highest BCUT2D eigenvalue weighted by atomic mass is 79.9. The van der Waals surface area contributed by atoms with E-state index in [0.717, 1.165) is 9.13 Å². The molecule has 1 amide bonds. The SMILES string of the molecule is Cn1c2c(c(=O)n(C)c1=O)[C@@]1(C(=O)Nc3ccc(Br)cc31)C(C#N)=C(N)O2. The molecule has 9 nitrogen and oxygen atoms in total. The average molecular weight is 430 g/mol. The molecule has 0 fully saturated rings. The molecule has 0 aliphatic carbocycles. The molecule has 1 atom stereocenters. The number of nitriles is 1. The van der Waals surface area contributed by atoms with Crippen molar-refractivity contribution in [1.82, 2.24) is 9.13 Å². The Labute approximate surface area is 160 Å². The highest BCUT2D eigenvalue weighted by Gasteiger charge is 2.59. The Morgan fingerprint density at radius 1 is 1.26 bits per heavy atom. The van der Waals surface area contributed by atoms with E-state index in [1.54, 1.807) is 18.2 Å². The van der Waals surface area contributed by atoms with Gasteiger partial charge in [0.15, 0.2) is 5.41 Å². The maximum atomic E-state index is 13.2. The number of nitrogens with one attached hydrogen (secondary N) is 1. The smallest absolute Gasteiger partial charge is 0.333 e. The fraction of sp³-hybridized carbons (Fsp3) is 0.176. The molecule has 0 unspecified atom stereocenters. The van der Waals surface area contributed by atoms with Crippen LogP contribution >= 0.6 is 15.9 Å². The Kier molecular flexibility index (Phi) is 3.38. The van der Waals surface area contributed by atoms with Crippen molar-refractivity contribution < 1.29 is 9.53 Å². The minimum absolute atomic E-state index is 0.132. The number of nitrogens with two attached hydrogens (primary N) is 1. The van der Waals surface area contributed by atoms with Crippen molar-refractivity contribution in [1.29, 1.82) is 5.26 Å². The molecule has 0 radical (unpaired) electrons. The average Bonchev–Trinajstić information content (AvgIpc) is 2.90. The van der Waals surface area contributed by atoms with Crippen LogP contribution < -0.4 is 27.0 Å². The van der Waals surface area contributed by atoms with E-state index in [-0.39, 0.29) is 22.9 Å². The molecule has 0 saturated heterocycles. The zero-order valence-corrected chi connectivity index (χ0v) is 15.7. The Balaban J connectivity index is 2.29. The number of aromatic nitrogens is 2. The van der Waals surface area contributed by atoms with Crippen LogP contribution in [0.5, 0.6) is 5.88 Å². The minimum Gasteiger partial charge on any atom is -0.423 e. The molecule has 2 aromatic rings. The number of amides is 1. The van der Waals surface area contributed by atoms with Crippen molar-refractivity contribution >= 4 is 27.5 Å². The maximum Gasteiger partial charge on any atom is 0.333 e.